The molecule has 0 saturated carbocycles. The van der Waals surface area contributed by atoms with Gasteiger partial charge >= 0.3 is 0 Å². The number of sulfonamides is 1. The van der Waals surface area contributed by atoms with E-state index in [1.807, 2.05) is 18.7 Å². The van der Waals surface area contributed by atoms with Crippen molar-refractivity contribution in [1.82, 2.24) is 4.31 Å². The zero-order valence-electron chi connectivity index (χ0n) is 11.5. The Kier molecular flexibility index (Phi) is 3.86. The van der Waals surface area contributed by atoms with E-state index < -0.39 is 10.0 Å². The quantitative estimate of drug-likeness (QED) is 0.850. The van der Waals surface area contributed by atoms with Gasteiger partial charge in [0.15, 0.2) is 0 Å². The van der Waals surface area contributed by atoms with Crippen LogP contribution in [0, 0.1) is 6.92 Å². The van der Waals surface area contributed by atoms with Crippen molar-refractivity contribution in [2.45, 2.75) is 30.4 Å². The SMILES string of the molecule is Cc1cc(N)cc(S(=O)(=O)N2CCSC(C)(C)C2)c1. The molecule has 1 heterocycles. The smallest absolute Gasteiger partial charge is 0.243 e. The average molecular weight is 300 g/mol. The fraction of sp³-hybridized carbons (Fsp3) is 0.538. The summed E-state index contributed by atoms with van der Waals surface area (Å²) < 4.78 is 26.8. The van der Waals surface area contributed by atoms with Gasteiger partial charge in [0.1, 0.15) is 0 Å². The van der Waals surface area contributed by atoms with Gasteiger partial charge in [-0.25, -0.2) is 8.42 Å². The monoisotopic (exact) mass is 300 g/mol. The van der Waals surface area contributed by atoms with Crippen LogP contribution in [0.1, 0.15) is 19.4 Å². The van der Waals surface area contributed by atoms with Crippen molar-refractivity contribution in [1.29, 1.82) is 0 Å². The fourth-order valence-electron chi connectivity index (χ4n) is 2.25. The molecule has 0 aromatic heterocycles. The fourth-order valence-corrected chi connectivity index (χ4v) is 5.30. The number of benzene rings is 1. The third kappa shape index (κ3) is 3.24. The molecule has 1 aromatic rings. The Bertz CT molecular complexity index is 562. The van der Waals surface area contributed by atoms with Crippen molar-refractivity contribution in [2.24, 2.45) is 0 Å². The van der Waals surface area contributed by atoms with E-state index >= 15 is 0 Å². The molecule has 0 aliphatic carbocycles. The Balaban J connectivity index is 2.36. The van der Waals surface area contributed by atoms with Crippen LogP contribution in [0.2, 0.25) is 0 Å². The standard InChI is InChI=1S/C13H20N2O2S2/c1-10-6-11(14)8-12(7-10)19(16,17)15-4-5-18-13(2,3)9-15/h6-8H,4-5,9,14H2,1-3H3. The molecule has 19 heavy (non-hydrogen) atoms. The maximum absolute atomic E-state index is 12.6. The van der Waals surface area contributed by atoms with Crippen LogP contribution in [-0.4, -0.2) is 36.3 Å². The molecule has 1 aliphatic rings. The topological polar surface area (TPSA) is 63.4 Å². The first-order valence-corrected chi connectivity index (χ1v) is 8.65. The summed E-state index contributed by atoms with van der Waals surface area (Å²) >= 11 is 1.81. The molecule has 0 unspecified atom stereocenters. The van der Waals surface area contributed by atoms with Crippen LogP contribution in [-0.2, 0) is 10.0 Å². The summed E-state index contributed by atoms with van der Waals surface area (Å²) in [4.78, 5) is 0.299. The molecule has 2 rings (SSSR count). The molecule has 0 radical (unpaired) electrons. The van der Waals surface area contributed by atoms with E-state index in [9.17, 15) is 8.42 Å². The number of nitrogen functional groups attached to an aromatic ring is 1. The Morgan fingerprint density at radius 2 is 2.00 bits per heavy atom. The summed E-state index contributed by atoms with van der Waals surface area (Å²) in [5.74, 6) is 0.827. The molecule has 0 spiro atoms. The minimum atomic E-state index is -3.44. The molecule has 0 atom stereocenters. The molecule has 6 heteroatoms. The number of nitrogens with zero attached hydrogens (tertiary/aromatic N) is 1. The Morgan fingerprint density at radius 3 is 2.58 bits per heavy atom. The maximum Gasteiger partial charge on any atom is 0.243 e. The van der Waals surface area contributed by atoms with Gasteiger partial charge in [-0.2, -0.15) is 16.1 Å². The molecule has 1 aromatic carbocycles. The lowest BCUT2D eigenvalue weighted by atomic mass is 10.2. The van der Waals surface area contributed by atoms with Gasteiger partial charge in [0.05, 0.1) is 4.90 Å². The largest absolute Gasteiger partial charge is 0.399 e. The first-order chi connectivity index (χ1) is 8.71. The first kappa shape index (κ1) is 14.7. The van der Waals surface area contributed by atoms with Gasteiger partial charge in [0.2, 0.25) is 10.0 Å². The van der Waals surface area contributed by atoms with Crippen molar-refractivity contribution in [2.75, 3.05) is 24.6 Å². The molecule has 1 fully saturated rings. The van der Waals surface area contributed by atoms with E-state index in [2.05, 4.69) is 13.8 Å². The number of thioether (sulfide) groups is 1. The zero-order valence-corrected chi connectivity index (χ0v) is 13.1. The first-order valence-electron chi connectivity index (χ1n) is 6.22. The van der Waals surface area contributed by atoms with Crippen LogP contribution in [0.4, 0.5) is 5.69 Å². The Hall–Kier alpha value is -0.720. The van der Waals surface area contributed by atoms with Crippen molar-refractivity contribution in [3.8, 4) is 0 Å². The normalized spacial score (nSPS) is 20.4. The highest BCUT2D eigenvalue weighted by molar-refractivity contribution is 8.00. The van der Waals surface area contributed by atoms with E-state index in [-0.39, 0.29) is 4.75 Å². The number of aryl methyl sites for hydroxylation is 1. The van der Waals surface area contributed by atoms with Crippen molar-refractivity contribution < 1.29 is 8.42 Å². The maximum atomic E-state index is 12.6. The van der Waals surface area contributed by atoms with Crippen molar-refractivity contribution in [3.05, 3.63) is 23.8 Å². The number of hydrogen-bond donors (Lipinski definition) is 1. The lowest BCUT2D eigenvalue weighted by molar-refractivity contribution is 0.387. The molecule has 2 N–H and O–H groups in total. The van der Waals surface area contributed by atoms with E-state index in [1.54, 1.807) is 16.4 Å². The van der Waals surface area contributed by atoms with Gasteiger partial charge in [0, 0.05) is 29.3 Å². The molecule has 0 amide bonds. The Labute approximate surface area is 119 Å². The van der Waals surface area contributed by atoms with E-state index in [0.717, 1.165) is 11.3 Å². The minimum absolute atomic E-state index is 0.0410. The summed E-state index contributed by atoms with van der Waals surface area (Å²) in [5.41, 5.74) is 7.11. The third-order valence-corrected chi connectivity index (χ3v) is 6.22. The number of hydrogen-bond acceptors (Lipinski definition) is 4. The van der Waals surface area contributed by atoms with Gasteiger partial charge < -0.3 is 5.73 Å². The van der Waals surface area contributed by atoms with Crippen LogP contribution in [0.25, 0.3) is 0 Å². The predicted molar refractivity (Wildman–Crippen MR) is 80.9 cm³/mol. The summed E-state index contributed by atoms with van der Waals surface area (Å²) in [6.07, 6.45) is 0. The van der Waals surface area contributed by atoms with E-state index in [4.69, 9.17) is 5.73 Å². The van der Waals surface area contributed by atoms with Crippen molar-refractivity contribution >= 4 is 27.5 Å². The second kappa shape index (κ2) is 5.00. The summed E-state index contributed by atoms with van der Waals surface area (Å²) in [6, 6.07) is 4.99. The molecular formula is C13H20N2O2S2. The minimum Gasteiger partial charge on any atom is -0.399 e. The molecule has 106 valence electrons. The molecule has 1 aliphatic heterocycles. The lowest BCUT2D eigenvalue weighted by Crippen LogP contribution is -2.46. The second-order valence-corrected chi connectivity index (χ2v) is 9.27. The highest BCUT2D eigenvalue weighted by Crippen LogP contribution is 2.32. The predicted octanol–water partition coefficient (Wildman–Crippen LogP) is 2.09. The number of rotatable bonds is 2. The van der Waals surface area contributed by atoms with Crippen LogP contribution >= 0.6 is 11.8 Å². The van der Waals surface area contributed by atoms with Gasteiger partial charge in [-0.15, -0.1) is 0 Å². The molecule has 0 bridgehead atoms. The molecular weight excluding hydrogens is 280 g/mol. The van der Waals surface area contributed by atoms with Gasteiger partial charge in [-0.1, -0.05) is 0 Å². The van der Waals surface area contributed by atoms with Crippen LogP contribution in [0.15, 0.2) is 23.1 Å². The average Bonchev–Trinajstić information content (AvgIpc) is 2.26. The number of anilines is 1. The highest BCUT2D eigenvalue weighted by Gasteiger charge is 2.34. The van der Waals surface area contributed by atoms with Gasteiger partial charge in [-0.3, -0.25) is 0 Å². The molecule has 4 nitrogen and oxygen atoms in total. The van der Waals surface area contributed by atoms with E-state index in [1.165, 1.54) is 6.07 Å². The lowest BCUT2D eigenvalue weighted by Gasteiger charge is -2.36. The van der Waals surface area contributed by atoms with Crippen LogP contribution < -0.4 is 5.73 Å². The van der Waals surface area contributed by atoms with Crippen molar-refractivity contribution in [3.63, 3.8) is 0 Å². The summed E-state index contributed by atoms with van der Waals surface area (Å²) in [6.45, 7) is 7.09. The van der Waals surface area contributed by atoms with Gasteiger partial charge in [-0.05, 0) is 44.5 Å². The second-order valence-electron chi connectivity index (χ2n) is 5.53. The summed E-state index contributed by atoms with van der Waals surface area (Å²) in [5, 5.41) is 0. The molecule has 1 saturated heterocycles. The van der Waals surface area contributed by atoms with Gasteiger partial charge in [0.25, 0.3) is 0 Å². The number of nitrogens with two attached hydrogens (primary N) is 1. The Morgan fingerprint density at radius 1 is 1.32 bits per heavy atom. The zero-order chi connectivity index (χ0) is 14.3. The highest BCUT2D eigenvalue weighted by atomic mass is 32.2. The van der Waals surface area contributed by atoms with Crippen LogP contribution in [0.5, 0.6) is 0 Å². The summed E-state index contributed by atoms with van der Waals surface area (Å²) in [7, 11) is -3.44. The van der Waals surface area contributed by atoms with E-state index in [0.29, 0.717) is 23.7 Å². The van der Waals surface area contributed by atoms with Crippen LogP contribution in [0.3, 0.4) is 0 Å². The third-order valence-electron chi connectivity index (χ3n) is 3.10.